The van der Waals surface area contributed by atoms with Crippen LogP contribution in [-0.2, 0) is 21.0 Å². The lowest BCUT2D eigenvalue weighted by molar-refractivity contribution is -0.108. The first-order chi connectivity index (χ1) is 5.15. The van der Waals surface area contributed by atoms with Crippen molar-refractivity contribution in [2.24, 2.45) is 0 Å². The Hall–Kier alpha value is -0.590. The van der Waals surface area contributed by atoms with Crippen LogP contribution in [0.15, 0.2) is 0 Å². The molecule has 0 aromatic heterocycles. The van der Waals surface area contributed by atoms with Crippen LogP contribution in [0.4, 0.5) is 0 Å². The van der Waals surface area contributed by atoms with E-state index in [2.05, 4.69) is 0 Å². The van der Waals surface area contributed by atoms with E-state index in [0.29, 0.717) is 19.3 Å². The van der Waals surface area contributed by atoms with Gasteiger partial charge >= 0.3 is 0 Å². The van der Waals surface area contributed by atoms with Gasteiger partial charge in [-0.05, 0) is 6.42 Å². The summed E-state index contributed by atoms with van der Waals surface area (Å²) >= 11 is -2.86. The summed E-state index contributed by atoms with van der Waals surface area (Å²) in [5, 5.41) is 0. The van der Waals surface area contributed by atoms with Crippen LogP contribution in [0.1, 0.15) is 19.3 Å². The van der Waals surface area contributed by atoms with Crippen molar-refractivity contribution in [1.29, 1.82) is 0 Å². The topological polar surface area (TPSA) is 94.5 Å². The maximum atomic E-state index is 9.56. The summed E-state index contributed by atoms with van der Waals surface area (Å²) in [5.41, 5.74) is 0. The van der Waals surface area contributed by atoms with Gasteiger partial charge in [-0.15, -0.1) is 0 Å². The van der Waals surface area contributed by atoms with Crippen LogP contribution in [0.2, 0.25) is 0 Å². The summed E-state index contributed by atoms with van der Waals surface area (Å²) < 4.78 is 24.1. The molecule has 0 saturated heterocycles. The highest BCUT2D eigenvalue weighted by atomic mass is 32.2. The van der Waals surface area contributed by atoms with Crippen molar-refractivity contribution < 1.29 is 22.9 Å². The van der Waals surface area contributed by atoms with Gasteiger partial charge in [0.2, 0.25) is 0 Å². The normalized spacial score (nSPS) is 10.7. The molecule has 5 nitrogen and oxygen atoms in total. The van der Waals surface area contributed by atoms with Crippen LogP contribution >= 0.6 is 0 Å². The van der Waals surface area contributed by atoms with Crippen molar-refractivity contribution in [2.75, 3.05) is 0 Å². The molecule has 1 N–H and O–H groups in total. The van der Waals surface area contributed by atoms with Crippen molar-refractivity contribution >= 4 is 23.9 Å². The number of carbonyl (C=O) groups is 2. The first kappa shape index (κ1) is 13.0. The first-order valence-corrected chi connectivity index (χ1v) is 3.84. The average Bonchev–Trinajstić information content (AvgIpc) is 1.88. The van der Waals surface area contributed by atoms with E-state index in [4.69, 9.17) is 13.3 Å². The zero-order valence-electron chi connectivity index (χ0n) is 5.76. The molecule has 0 aliphatic heterocycles. The van der Waals surface area contributed by atoms with Gasteiger partial charge in [0.1, 0.15) is 12.6 Å². The molecule has 11 heavy (non-hydrogen) atoms. The van der Waals surface area contributed by atoms with Crippen LogP contribution in [0.3, 0.4) is 0 Å². The van der Waals surface area contributed by atoms with E-state index in [1.807, 2.05) is 0 Å². The minimum Gasteiger partial charge on any atom is -0.750 e. The maximum Gasteiger partial charge on any atom is 0.120 e. The van der Waals surface area contributed by atoms with Crippen molar-refractivity contribution in [3.63, 3.8) is 0 Å². The monoisotopic (exact) mass is 181 g/mol. The molecule has 66 valence electrons. The molecule has 6 heteroatoms. The summed E-state index contributed by atoms with van der Waals surface area (Å²) in [6.07, 6.45) is 3.37. The highest BCUT2D eigenvalue weighted by Crippen LogP contribution is 1.85. The quantitative estimate of drug-likeness (QED) is 0.371. The van der Waals surface area contributed by atoms with Crippen LogP contribution in [-0.4, -0.2) is 25.9 Å². The van der Waals surface area contributed by atoms with Crippen LogP contribution < -0.4 is 0 Å². The van der Waals surface area contributed by atoms with Gasteiger partial charge in [-0.1, -0.05) is 0 Å². The lowest BCUT2D eigenvalue weighted by Gasteiger charge is -1.83. The molecule has 0 aliphatic carbocycles. The molecule has 0 radical (unpaired) electrons. The van der Waals surface area contributed by atoms with E-state index >= 15 is 0 Å². The van der Waals surface area contributed by atoms with Gasteiger partial charge < -0.3 is 18.7 Å². The third kappa shape index (κ3) is 44.4. The Morgan fingerprint density at radius 3 is 1.73 bits per heavy atom. The Kier molecular flexibility index (Phi) is 14.4. The van der Waals surface area contributed by atoms with Gasteiger partial charge in [-0.25, -0.2) is 4.21 Å². The van der Waals surface area contributed by atoms with E-state index in [9.17, 15) is 9.59 Å². The number of hydrogen-bond acceptors (Lipinski definition) is 4. The Labute approximate surface area is 66.9 Å². The Morgan fingerprint density at radius 1 is 1.27 bits per heavy atom. The molecule has 1 unspecified atom stereocenters. The molecule has 0 spiro atoms. The SMILES string of the molecule is O=CCCCC=O.O=S([O-])O. The van der Waals surface area contributed by atoms with Crippen LogP contribution in [0.5, 0.6) is 0 Å². The largest absolute Gasteiger partial charge is 0.750 e. The first-order valence-electron chi connectivity index (χ1n) is 2.80. The molecule has 0 fully saturated rings. The second kappa shape index (κ2) is 12.1. The molecular weight excluding hydrogens is 172 g/mol. The van der Waals surface area contributed by atoms with Crippen molar-refractivity contribution in [1.82, 2.24) is 0 Å². The van der Waals surface area contributed by atoms with Crippen molar-refractivity contribution in [3.05, 3.63) is 0 Å². The van der Waals surface area contributed by atoms with E-state index in [1.54, 1.807) is 0 Å². The molecule has 0 bridgehead atoms. The van der Waals surface area contributed by atoms with Crippen molar-refractivity contribution in [3.8, 4) is 0 Å². The molecule has 0 heterocycles. The summed E-state index contributed by atoms with van der Waals surface area (Å²) in [6, 6.07) is 0. The van der Waals surface area contributed by atoms with Crippen LogP contribution in [0, 0.1) is 0 Å². The summed E-state index contributed by atoms with van der Waals surface area (Å²) in [4.78, 5) is 19.1. The van der Waals surface area contributed by atoms with E-state index in [-0.39, 0.29) is 0 Å². The fraction of sp³-hybridized carbons (Fsp3) is 0.600. The fourth-order valence-electron chi connectivity index (χ4n) is 0.285. The predicted molar refractivity (Wildman–Crippen MR) is 37.5 cm³/mol. The Bertz CT molecular complexity index is 112. The zero-order valence-corrected chi connectivity index (χ0v) is 6.58. The Morgan fingerprint density at radius 2 is 1.55 bits per heavy atom. The molecule has 0 aromatic carbocycles. The standard InChI is InChI=1S/C5H8O2.H2O3S/c6-4-2-1-3-5-7;1-4(2)3/h4-5H,1-3H2;(H2,1,2,3)/p-1. The van der Waals surface area contributed by atoms with Gasteiger partial charge in [0.05, 0.1) is 11.4 Å². The van der Waals surface area contributed by atoms with E-state index in [0.717, 1.165) is 12.6 Å². The van der Waals surface area contributed by atoms with Gasteiger partial charge in [0.15, 0.2) is 0 Å². The highest BCUT2D eigenvalue weighted by Gasteiger charge is 1.80. The molecule has 0 aliphatic rings. The third-order valence-corrected chi connectivity index (χ3v) is 0.644. The second-order valence-electron chi connectivity index (χ2n) is 1.48. The molecule has 0 rings (SSSR count). The zero-order chi connectivity index (χ0) is 9.11. The maximum absolute atomic E-state index is 9.56. The summed E-state index contributed by atoms with van der Waals surface area (Å²) in [5.74, 6) is 0. The second-order valence-corrected chi connectivity index (χ2v) is 1.92. The third-order valence-electron chi connectivity index (χ3n) is 0.644. The molecule has 1 atom stereocenters. The molecule has 0 saturated carbocycles. The number of rotatable bonds is 4. The van der Waals surface area contributed by atoms with E-state index in [1.165, 1.54) is 0 Å². The van der Waals surface area contributed by atoms with Gasteiger partial charge in [0, 0.05) is 12.8 Å². The lowest BCUT2D eigenvalue weighted by Crippen LogP contribution is -1.76. The van der Waals surface area contributed by atoms with Crippen molar-refractivity contribution in [2.45, 2.75) is 19.3 Å². The van der Waals surface area contributed by atoms with E-state index < -0.39 is 11.4 Å². The lowest BCUT2D eigenvalue weighted by atomic mass is 10.3. The number of hydrogen-bond donors (Lipinski definition) is 1. The number of unbranched alkanes of at least 4 members (excludes halogenated alkanes) is 2. The van der Waals surface area contributed by atoms with Crippen LogP contribution in [0.25, 0.3) is 0 Å². The fourth-order valence-corrected chi connectivity index (χ4v) is 0.285. The van der Waals surface area contributed by atoms with Gasteiger partial charge in [0.25, 0.3) is 0 Å². The predicted octanol–water partition coefficient (Wildman–Crippen LogP) is -0.107. The van der Waals surface area contributed by atoms with Gasteiger partial charge in [-0.3, -0.25) is 0 Å². The minimum absolute atomic E-state index is 0.513. The van der Waals surface area contributed by atoms with Gasteiger partial charge in [-0.2, -0.15) is 0 Å². The Balaban J connectivity index is 0. The number of carbonyl (C=O) groups excluding carboxylic acids is 2. The summed E-state index contributed by atoms with van der Waals surface area (Å²) in [6.45, 7) is 0. The summed E-state index contributed by atoms with van der Waals surface area (Å²) in [7, 11) is 0. The smallest absolute Gasteiger partial charge is 0.120 e. The minimum atomic E-state index is -2.86. The highest BCUT2D eigenvalue weighted by molar-refractivity contribution is 7.73. The average molecular weight is 181 g/mol. The molecular formula is C5H9O5S-. The molecule has 0 aromatic rings. The number of aldehydes is 2. The molecule has 0 amide bonds.